The van der Waals surface area contributed by atoms with E-state index >= 15 is 0 Å². The van der Waals surface area contributed by atoms with Gasteiger partial charge >= 0.3 is 5.97 Å². The second kappa shape index (κ2) is 10.4. The highest BCUT2D eigenvalue weighted by Gasteiger charge is 2.16. The Labute approximate surface area is 142 Å². The molecule has 7 nitrogen and oxygen atoms in total. The minimum Gasteiger partial charge on any atom is -0.462 e. The summed E-state index contributed by atoms with van der Waals surface area (Å²) in [6.45, 7) is 7.02. The van der Waals surface area contributed by atoms with Gasteiger partial charge in [0.2, 0.25) is 11.8 Å². The maximum absolute atomic E-state index is 12.2. The summed E-state index contributed by atoms with van der Waals surface area (Å²) in [7, 11) is 0. The minimum atomic E-state index is -0.483. The molecule has 132 valence electrons. The number of carbonyl (C=O) groups is 3. The number of rotatable bonds is 9. The second-order valence-electron chi connectivity index (χ2n) is 5.07. The van der Waals surface area contributed by atoms with Crippen LogP contribution in [0.5, 0.6) is 0 Å². The maximum atomic E-state index is 12.2. The lowest BCUT2D eigenvalue weighted by molar-refractivity contribution is -0.123. The Morgan fingerprint density at radius 3 is 2.33 bits per heavy atom. The Hall–Kier alpha value is -2.41. The van der Waals surface area contributed by atoms with Crippen LogP contribution in [0.2, 0.25) is 0 Å². The van der Waals surface area contributed by atoms with Crippen molar-refractivity contribution in [3.05, 3.63) is 29.8 Å². The van der Waals surface area contributed by atoms with E-state index in [1.165, 1.54) is 0 Å². The summed E-state index contributed by atoms with van der Waals surface area (Å²) in [6, 6.07) is 6.67. The van der Waals surface area contributed by atoms with Crippen LogP contribution < -0.4 is 10.6 Å². The molecule has 2 N–H and O–H groups in total. The molecule has 0 fully saturated rings. The highest BCUT2D eigenvalue weighted by atomic mass is 16.5. The first-order valence-corrected chi connectivity index (χ1v) is 8.06. The van der Waals surface area contributed by atoms with Crippen molar-refractivity contribution in [3.8, 4) is 0 Å². The number of nitrogens with zero attached hydrogens (tertiary/aromatic N) is 1. The van der Waals surface area contributed by atoms with Crippen LogP contribution in [0.15, 0.2) is 24.3 Å². The lowest BCUT2D eigenvalue weighted by Crippen LogP contribution is -2.41. The van der Waals surface area contributed by atoms with Crippen molar-refractivity contribution in [2.45, 2.75) is 20.8 Å². The van der Waals surface area contributed by atoms with Crippen molar-refractivity contribution in [2.24, 2.45) is 0 Å². The fourth-order valence-electron chi connectivity index (χ4n) is 2.11. The third kappa shape index (κ3) is 6.37. The molecule has 0 saturated heterocycles. The number of ether oxygens (including phenoxy) is 1. The van der Waals surface area contributed by atoms with Crippen LogP contribution in [0, 0.1) is 0 Å². The zero-order valence-electron chi connectivity index (χ0n) is 14.4. The predicted molar refractivity (Wildman–Crippen MR) is 91.8 cm³/mol. The molecule has 0 aromatic heterocycles. The minimum absolute atomic E-state index is 0.0603. The van der Waals surface area contributed by atoms with E-state index in [1.54, 1.807) is 36.1 Å². The fourth-order valence-corrected chi connectivity index (χ4v) is 2.11. The summed E-state index contributed by atoms with van der Waals surface area (Å²) in [5.41, 5.74) is 0.703. The van der Waals surface area contributed by atoms with Gasteiger partial charge in [-0.3, -0.25) is 14.5 Å². The first-order valence-electron chi connectivity index (χ1n) is 8.06. The Balaban J connectivity index is 2.70. The van der Waals surface area contributed by atoms with Gasteiger partial charge in [0.15, 0.2) is 0 Å². The van der Waals surface area contributed by atoms with Gasteiger partial charge in [0.05, 0.1) is 30.9 Å². The number of para-hydroxylation sites is 1. The molecule has 0 radical (unpaired) electrons. The molecule has 0 unspecified atom stereocenters. The number of esters is 1. The highest BCUT2D eigenvalue weighted by Crippen LogP contribution is 2.16. The molecule has 0 saturated carbocycles. The van der Waals surface area contributed by atoms with Crippen LogP contribution in [0.4, 0.5) is 5.69 Å². The smallest absolute Gasteiger partial charge is 0.340 e. The molecular formula is C17H25N3O4. The SMILES string of the molecule is CCNC(=O)CN(CC)CC(=O)Nc1ccccc1C(=O)OCC. The summed E-state index contributed by atoms with van der Waals surface area (Å²) < 4.78 is 4.98. The van der Waals surface area contributed by atoms with E-state index in [0.29, 0.717) is 24.3 Å². The quantitative estimate of drug-likeness (QED) is 0.663. The average molecular weight is 335 g/mol. The molecule has 0 aliphatic heterocycles. The van der Waals surface area contributed by atoms with Gasteiger partial charge in [-0.25, -0.2) is 4.79 Å². The van der Waals surface area contributed by atoms with E-state index in [4.69, 9.17) is 4.74 Å². The first kappa shape index (κ1) is 19.6. The predicted octanol–water partition coefficient (Wildman–Crippen LogP) is 1.26. The number of amides is 2. The number of hydrogen-bond donors (Lipinski definition) is 2. The lowest BCUT2D eigenvalue weighted by atomic mass is 10.2. The summed E-state index contributed by atoms with van der Waals surface area (Å²) >= 11 is 0. The van der Waals surface area contributed by atoms with Crippen molar-refractivity contribution >= 4 is 23.5 Å². The van der Waals surface area contributed by atoms with Crippen molar-refractivity contribution in [3.63, 3.8) is 0 Å². The van der Waals surface area contributed by atoms with E-state index in [2.05, 4.69) is 10.6 Å². The summed E-state index contributed by atoms with van der Waals surface area (Å²) in [5.74, 6) is -0.903. The van der Waals surface area contributed by atoms with Crippen LogP contribution >= 0.6 is 0 Å². The van der Waals surface area contributed by atoms with Gasteiger partial charge in [0.1, 0.15) is 0 Å². The van der Waals surface area contributed by atoms with E-state index in [-0.39, 0.29) is 31.5 Å². The van der Waals surface area contributed by atoms with Gasteiger partial charge in [-0.2, -0.15) is 0 Å². The Bertz CT molecular complexity index is 575. The Morgan fingerprint density at radius 2 is 1.71 bits per heavy atom. The van der Waals surface area contributed by atoms with Crippen molar-refractivity contribution in [1.82, 2.24) is 10.2 Å². The zero-order valence-corrected chi connectivity index (χ0v) is 14.4. The molecule has 7 heteroatoms. The summed E-state index contributed by atoms with van der Waals surface area (Å²) in [5, 5.41) is 5.40. The number of nitrogens with one attached hydrogen (secondary N) is 2. The van der Waals surface area contributed by atoms with Gasteiger partial charge in [-0.1, -0.05) is 19.1 Å². The number of anilines is 1. The topological polar surface area (TPSA) is 87.7 Å². The van der Waals surface area contributed by atoms with Gasteiger partial charge in [-0.15, -0.1) is 0 Å². The normalized spacial score (nSPS) is 10.3. The van der Waals surface area contributed by atoms with E-state index in [9.17, 15) is 14.4 Å². The van der Waals surface area contributed by atoms with Crippen molar-refractivity contribution < 1.29 is 19.1 Å². The Morgan fingerprint density at radius 1 is 1.04 bits per heavy atom. The molecule has 0 aliphatic carbocycles. The Kier molecular flexibility index (Phi) is 8.49. The maximum Gasteiger partial charge on any atom is 0.340 e. The molecule has 1 aromatic carbocycles. The first-order chi connectivity index (χ1) is 11.5. The van der Waals surface area contributed by atoms with E-state index in [0.717, 1.165) is 0 Å². The summed E-state index contributed by atoms with van der Waals surface area (Å²) in [6.07, 6.45) is 0. The molecule has 0 spiro atoms. The fraction of sp³-hybridized carbons (Fsp3) is 0.471. The standard InChI is InChI=1S/C17H25N3O4/c1-4-18-15(21)11-20(5-2)12-16(22)19-14-10-8-7-9-13(14)17(23)24-6-3/h7-10H,4-6,11-12H2,1-3H3,(H,18,21)(H,19,22). The van der Waals surface area contributed by atoms with Crippen LogP contribution in [0.1, 0.15) is 31.1 Å². The third-order valence-corrected chi connectivity index (χ3v) is 3.25. The van der Waals surface area contributed by atoms with E-state index < -0.39 is 5.97 Å². The van der Waals surface area contributed by atoms with E-state index in [1.807, 2.05) is 13.8 Å². The van der Waals surface area contributed by atoms with Crippen molar-refractivity contribution in [1.29, 1.82) is 0 Å². The van der Waals surface area contributed by atoms with Crippen LogP contribution in [0.25, 0.3) is 0 Å². The van der Waals surface area contributed by atoms with Gasteiger partial charge in [0, 0.05) is 6.54 Å². The molecule has 0 atom stereocenters. The molecule has 0 bridgehead atoms. The molecule has 0 aliphatic rings. The monoisotopic (exact) mass is 335 g/mol. The van der Waals surface area contributed by atoms with Gasteiger partial charge < -0.3 is 15.4 Å². The lowest BCUT2D eigenvalue weighted by Gasteiger charge is -2.19. The number of hydrogen-bond acceptors (Lipinski definition) is 5. The molecule has 1 aromatic rings. The van der Waals surface area contributed by atoms with Crippen LogP contribution in [0.3, 0.4) is 0 Å². The van der Waals surface area contributed by atoms with Crippen LogP contribution in [-0.4, -0.2) is 55.5 Å². The number of benzene rings is 1. The summed E-state index contributed by atoms with van der Waals surface area (Å²) in [4.78, 5) is 37.5. The largest absolute Gasteiger partial charge is 0.462 e. The van der Waals surface area contributed by atoms with Gasteiger partial charge in [0.25, 0.3) is 0 Å². The number of carbonyl (C=O) groups excluding carboxylic acids is 3. The molecule has 24 heavy (non-hydrogen) atoms. The number of likely N-dealkylation sites (N-methyl/N-ethyl adjacent to an activating group) is 2. The molecule has 2 amide bonds. The average Bonchev–Trinajstić information content (AvgIpc) is 2.55. The van der Waals surface area contributed by atoms with Crippen molar-refractivity contribution in [2.75, 3.05) is 38.1 Å². The second-order valence-corrected chi connectivity index (χ2v) is 5.07. The van der Waals surface area contributed by atoms with Gasteiger partial charge in [-0.05, 0) is 32.5 Å². The molecule has 0 heterocycles. The molecule has 1 rings (SSSR count). The van der Waals surface area contributed by atoms with Crippen LogP contribution in [-0.2, 0) is 14.3 Å². The third-order valence-electron chi connectivity index (χ3n) is 3.25. The zero-order chi connectivity index (χ0) is 17.9. The molecular weight excluding hydrogens is 310 g/mol. The highest BCUT2D eigenvalue weighted by molar-refractivity contribution is 6.01.